The summed E-state index contributed by atoms with van der Waals surface area (Å²) in [4.78, 5) is 0. The molecular formula is C35H56BrNO. The van der Waals surface area contributed by atoms with E-state index in [1.54, 1.807) is 12.1 Å². The van der Waals surface area contributed by atoms with E-state index in [2.05, 4.69) is 48.2 Å². The molecule has 0 spiro atoms. The number of pyridine rings is 1. The zero-order valence-corrected chi connectivity index (χ0v) is 26.0. The standard InChI is InChI=1S/C35H55NO.BrH/c1-2-3-4-5-6-7-8-9-10-11-12-13-14-15-16-17-18-19-20-21-30-36-31-28-34(29-32-36)23-22-33-24-26-35(37)27-25-33;/h22-29,31-32H,2-21,30H2,1H3;1H. The molecule has 1 aromatic carbocycles. The summed E-state index contributed by atoms with van der Waals surface area (Å²) in [6.45, 7) is 3.41. The number of phenolic OH excluding ortho intramolecular Hbond substituents is 1. The highest BCUT2D eigenvalue weighted by Crippen LogP contribution is 2.15. The molecule has 0 atom stereocenters. The van der Waals surface area contributed by atoms with Crippen molar-refractivity contribution in [3.05, 3.63) is 59.9 Å². The summed E-state index contributed by atoms with van der Waals surface area (Å²) in [5.74, 6) is 0.308. The maximum Gasteiger partial charge on any atom is 0.169 e. The quantitative estimate of drug-likeness (QED) is 0.105. The van der Waals surface area contributed by atoms with Gasteiger partial charge in [-0.3, -0.25) is 0 Å². The van der Waals surface area contributed by atoms with Gasteiger partial charge in [-0.25, -0.2) is 4.57 Å². The van der Waals surface area contributed by atoms with Gasteiger partial charge in [-0.2, -0.15) is 0 Å². The Balaban J connectivity index is 0.00000722. The summed E-state index contributed by atoms with van der Waals surface area (Å²) in [5.41, 5.74) is 2.30. The number of rotatable bonds is 23. The Morgan fingerprint density at radius 2 is 0.842 bits per heavy atom. The van der Waals surface area contributed by atoms with Crippen molar-refractivity contribution in [2.24, 2.45) is 0 Å². The van der Waals surface area contributed by atoms with Gasteiger partial charge in [-0.05, 0) is 29.7 Å². The van der Waals surface area contributed by atoms with Gasteiger partial charge in [0.15, 0.2) is 12.4 Å². The van der Waals surface area contributed by atoms with Crippen LogP contribution in [0, 0.1) is 0 Å². The Morgan fingerprint density at radius 3 is 1.24 bits per heavy atom. The third-order valence-corrected chi connectivity index (χ3v) is 7.55. The number of benzene rings is 1. The summed E-state index contributed by atoms with van der Waals surface area (Å²) in [6.07, 6.45) is 37.2. The molecule has 3 heteroatoms. The van der Waals surface area contributed by atoms with E-state index in [-0.39, 0.29) is 17.0 Å². The average Bonchev–Trinajstić information content (AvgIpc) is 2.92. The first-order valence-electron chi connectivity index (χ1n) is 15.7. The van der Waals surface area contributed by atoms with Crippen molar-refractivity contribution < 1.29 is 26.7 Å². The van der Waals surface area contributed by atoms with Gasteiger partial charge in [0.25, 0.3) is 0 Å². The van der Waals surface area contributed by atoms with Crippen LogP contribution < -0.4 is 21.5 Å². The molecule has 2 nitrogen and oxygen atoms in total. The SMILES string of the molecule is CCCCCCCCCCCCCCCCCCCCCC[n+]1ccc(/C=C/c2ccc(O)cc2)cc1.[Br-]. The van der Waals surface area contributed by atoms with Gasteiger partial charge in [0.1, 0.15) is 12.3 Å². The van der Waals surface area contributed by atoms with Crippen molar-refractivity contribution >= 4 is 12.2 Å². The second-order valence-corrected chi connectivity index (χ2v) is 11.0. The molecule has 1 aromatic heterocycles. The number of aromatic nitrogens is 1. The number of halogens is 1. The number of aryl methyl sites for hydroxylation is 1. The number of aromatic hydroxyl groups is 1. The highest BCUT2D eigenvalue weighted by molar-refractivity contribution is 5.69. The molecule has 0 aliphatic carbocycles. The Kier molecular flexibility index (Phi) is 22.1. The van der Waals surface area contributed by atoms with E-state index in [9.17, 15) is 5.11 Å². The van der Waals surface area contributed by atoms with Crippen LogP contribution >= 0.6 is 0 Å². The molecule has 0 aliphatic heterocycles. The minimum Gasteiger partial charge on any atom is -1.00 e. The van der Waals surface area contributed by atoms with Crippen LogP contribution in [0.2, 0.25) is 0 Å². The molecule has 0 saturated carbocycles. The fourth-order valence-corrected chi connectivity index (χ4v) is 5.06. The van der Waals surface area contributed by atoms with Crippen molar-refractivity contribution in [2.45, 2.75) is 142 Å². The number of hydrogen-bond acceptors (Lipinski definition) is 1. The summed E-state index contributed by atoms with van der Waals surface area (Å²) >= 11 is 0. The fourth-order valence-electron chi connectivity index (χ4n) is 5.06. The second-order valence-electron chi connectivity index (χ2n) is 11.0. The van der Waals surface area contributed by atoms with Crippen LogP contribution in [0.3, 0.4) is 0 Å². The zero-order chi connectivity index (χ0) is 26.2. The molecule has 38 heavy (non-hydrogen) atoms. The van der Waals surface area contributed by atoms with Gasteiger partial charge in [-0.15, -0.1) is 0 Å². The van der Waals surface area contributed by atoms with Crippen LogP contribution in [0.4, 0.5) is 0 Å². The number of nitrogens with zero attached hydrogens (tertiary/aromatic N) is 1. The summed E-state index contributed by atoms with van der Waals surface area (Å²) in [7, 11) is 0. The van der Waals surface area contributed by atoms with Gasteiger partial charge in [0.05, 0.1) is 0 Å². The second kappa shape index (κ2) is 24.4. The van der Waals surface area contributed by atoms with Crippen LogP contribution in [0.15, 0.2) is 48.8 Å². The van der Waals surface area contributed by atoms with E-state index in [1.807, 2.05) is 12.1 Å². The van der Waals surface area contributed by atoms with Gasteiger partial charge >= 0.3 is 0 Å². The summed E-state index contributed by atoms with van der Waals surface area (Å²) in [6, 6.07) is 11.6. The van der Waals surface area contributed by atoms with E-state index in [1.165, 1.54) is 134 Å². The Labute approximate surface area is 245 Å². The molecule has 0 bridgehead atoms. The predicted molar refractivity (Wildman–Crippen MR) is 162 cm³/mol. The van der Waals surface area contributed by atoms with Crippen molar-refractivity contribution in [3.8, 4) is 5.75 Å². The minimum absolute atomic E-state index is 0. The molecular weight excluding hydrogens is 530 g/mol. The number of hydrogen-bond donors (Lipinski definition) is 1. The molecule has 2 rings (SSSR count). The van der Waals surface area contributed by atoms with Crippen molar-refractivity contribution in [3.63, 3.8) is 0 Å². The molecule has 1 N–H and O–H groups in total. The van der Waals surface area contributed by atoms with Gasteiger partial charge < -0.3 is 22.1 Å². The number of unbranched alkanes of at least 4 members (excludes halogenated alkanes) is 19. The largest absolute Gasteiger partial charge is 1.00 e. The highest BCUT2D eigenvalue weighted by atomic mass is 79.9. The lowest BCUT2D eigenvalue weighted by Crippen LogP contribution is -3.00. The lowest BCUT2D eigenvalue weighted by molar-refractivity contribution is -0.697. The predicted octanol–water partition coefficient (Wildman–Crippen LogP) is 7.68. The minimum atomic E-state index is 0. The fraction of sp³-hybridized carbons (Fsp3) is 0.629. The first kappa shape index (κ1) is 34.4. The Morgan fingerprint density at radius 1 is 0.500 bits per heavy atom. The molecule has 0 saturated heterocycles. The van der Waals surface area contributed by atoms with Crippen molar-refractivity contribution in [2.75, 3.05) is 0 Å². The topological polar surface area (TPSA) is 24.1 Å². The Bertz CT molecular complexity index is 800. The summed E-state index contributed by atoms with van der Waals surface area (Å²) < 4.78 is 2.30. The van der Waals surface area contributed by atoms with Crippen molar-refractivity contribution in [1.82, 2.24) is 0 Å². The maximum atomic E-state index is 9.37. The van der Waals surface area contributed by atoms with E-state index >= 15 is 0 Å². The van der Waals surface area contributed by atoms with E-state index in [4.69, 9.17) is 0 Å². The highest BCUT2D eigenvalue weighted by Gasteiger charge is 2.01. The first-order valence-corrected chi connectivity index (χ1v) is 15.7. The molecule has 0 aliphatic rings. The Hall–Kier alpha value is -1.61. The van der Waals surface area contributed by atoms with E-state index in [0.29, 0.717) is 5.75 Å². The van der Waals surface area contributed by atoms with Crippen LogP contribution in [0.25, 0.3) is 12.2 Å². The normalized spacial score (nSPS) is 11.2. The van der Waals surface area contributed by atoms with E-state index < -0.39 is 0 Å². The van der Waals surface area contributed by atoms with Crippen LogP contribution in [-0.2, 0) is 6.54 Å². The van der Waals surface area contributed by atoms with Crippen molar-refractivity contribution in [1.29, 1.82) is 0 Å². The zero-order valence-electron chi connectivity index (χ0n) is 24.4. The van der Waals surface area contributed by atoms with E-state index in [0.717, 1.165) is 12.1 Å². The molecule has 0 unspecified atom stereocenters. The van der Waals surface area contributed by atoms with Gasteiger partial charge in [0.2, 0.25) is 0 Å². The van der Waals surface area contributed by atoms with Crippen LogP contribution in [-0.4, -0.2) is 5.11 Å². The number of phenols is 1. The average molecular weight is 587 g/mol. The third-order valence-electron chi connectivity index (χ3n) is 7.55. The van der Waals surface area contributed by atoms with Crippen LogP contribution in [0.1, 0.15) is 146 Å². The molecule has 2 aromatic rings. The maximum absolute atomic E-state index is 9.37. The molecule has 0 fully saturated rings. The monoisotopic (exact) mass is 585 g/mol. The smallest absolute Gasteiger partial charge is 0.169 e. The van der Waals surface area contributed by atoms with Gasteiger partial charge in [0, 0.05) is 18.6 Å². The summed E-state index contributed by atoms with van der Waals surface area (Å²) in [5, 5.41) is 9.37. The lowest BCUT2D eigenvalue weighted by atomic mass is 10.0. The first-order chi connectivity index (χ1) is 18.3. The molecule has 214 valence electrons. The molecule has 0 radical (unpaired) electrons. The third kappa shape index (κ3) is 18.6. The van der Waals surface area contributed by atoms with Gasteiger partial charge in [-0.1, -0.05) is 147 Å². The molecule has 0 amide bonds. The van der Waals surface area contributed by atoms with Crippen LogP contribution in [0.5, 0.6) is 5.75 Å². The molecule has 1 heterocycles. The lowest BCUT2D eigenvalue weighted by Gasteiger charge is -2.04.